The van der Waals surface area contributed by atoms with Crippen LogP contribution in [0.3, 0.4) is 0 Å². The zero-order valence-corrected chi connectivity index (χ0v) is 9.57. The van der Waals surface area contributed by atoms with Crippen molar-refractivity contribution in [2.75, 3.05) is 0 Å². The molecule has 1 aliphatic heterocycles. The Bertz CT molecular complexity index is 202. The Morgan fingerprint density at radius 2 is 1.86 bits per heavy atom. The van der Waals surface area contributed by atoms with Crippen LogP contribution in [0.2, 0.25) is 0 Å². The Balaban J connectivity index is 1.93. The minimum Gasteiger partial charge on any atom is -0.375 e. The summed E-state index contributed by atoms with van der Waals surface area (Å²) in [6.45, 7) is 6.63. The van der Waals surface area contributed by atoms with Crippen LogP contribution in [-0.4, -0.2) is 18.2 Å². The molecule has 1 heterocycles. The zero-order chi connectivity index (χ0) is 10.3. The molecule has 1 saturated heterocycles. The van der Waals surface area contributed by atoms with Crippen LogP contribution in [0.5, 0.6) is 0 Å². The van der Waals surface area contributed by atoms with E-state index in [4.69, 9.17) is 10.5 Å². The Morgan fingerprint density at radius 3 is 2.29 bits per heavy atom. The molecule has 82 valence electrons. The topological polar surface area (TPSA) is 35.2 Å². The van der Waals surface area contributed by atoms with Gasteiger partial charge in [-0.3, -0.25) is 0 Å². The molecule has 2 rings (SSSR count). The predicted octanol–water partition coefficient (Wildman–Crippen LogP) is 2.17. The van der Waals surface area contributed by atoms with Crippen molar-refractivity contribution in [3.8, 4) is 0 Å². The van der Waals surface area contributed by atoms with Crippen LogP contribution in [0.1, 0.15) is 40.0 Å². The van der Waals surface area contributed by atoms with E-state index in [-0.39, 0.29) is 0 Å². The zero-order valence-electron chi connectivity index (χ0n) is 9.57. The van der Waals surface area contributed by atoms with Gasteiger partial charge in [-0.15, -0.1) is 0 Å². The second kappa shape index (κ2) is 3.82. The van der Waals surface area contributed by atoms with E-state index in [9.17, 15) is 0 Å². The summed E-state index contributed by atoms with van der Waals surface area (Å²) in [6.07, 6.45) is 4.77. The monoisotopic (exact) mass is 197 g/mol. The lowest BCUT2D eigenvalue weighted by atomic mass is 9.82. The van der Waals surface area contributed by atoms with Gasteiger partial charge < -0.3 is 10.5 Å². The summed E-state index contributed by atoms with van der Waals surface area (Å²) >= 11 is 0. The van der Waals surface area contributed by atoms with Crippen molar-refractivity contribution >= 4 is 0 Å². The fraction of sp³-hybridized carbons (Fsp3) is 1.00. The van der Waals surface area contributed by atoms with Gasteiger partial charge in [0, 0.05) is 12.0 Å². The molecule has 14 heavy (non-hydrogen) atoms. The van der Waals surface area contributed by atoms with Crippen molar-refractivity contribution in [1.29, 1.82) is 0 Å². The lowest BCUT2D eigenvalue weighted by Gasteiger charge is -2.25. The highest BCUT2D eigenvalue weighted by atomic mass is 16.5. The maximum absolute atomic E-state index is 6.28. The van der Waals surface area contributed by atoms with Crippen molar-refractivity contribution in [3.05, 3.63) is 0 Å². The SMILES string of the molecule is CC1OC(C)C(C(N)CC2CC2)C1C. The van der Waals surface area contributed by atoms with Gasteiger partial charge in [0.1, 0.15) is 0 Å². The summed E-state index contributed by atoms with van der Waals surface area (Å²) < 4.78 is 5.83. The standard InChI is InChI=1S/C12H23NO/c1-7-8(2)14-9(3)12(7)11(13)6-10-4-5-10/h7-12H,4-6,13H2,1-3H3. The van der Waals surface area contributed by atoms with Crippen molar-refractivity contribution < 1.29 is 4.74 Å². The molecule has 2 nitrogen and oxygen atoms in total. The van der Waals surface area contributed by atoms with Crippen LogP contribution < -0.4 is 5.73 Å². The normalized spacial score (nSPS) is 45.4. The molecule has 5 atom stereocenters. The minimum atomic E-state index is 0.355. The Hall–Kier alpha value is -0.0800. The summed E-state index contributed by atoms with van der Waals surface area (Å²) in [7, 11) is 0. The van der Waals surface area contributed by atoms with Crippen molar-refractivity contribution in [3.63, 3.8) is 0 Å². The fourth-order valence-electron chi connectivity index (χ4n) is 2.93. The molecular formula is C12H23NO. The van der Waals surface area contributed by atoms with E-state index in [2.05, 4.69) is 20.8 Å². The molecule has 0 aromatic heterocycles. The first kappa shape index (κ1) is 10.4. The second-order valence-corrected chi connectivity index (χ2v) is 5.33. The van der Waals surface area contributed by atoms with Crippen LogP contribution in [0, 0.1) is 17.8 Å². The van der Waals surface area contributed by atoms with Crippen molar-refractivity contribution in [2.24, 2.45) is 23.5 Å². The van der Waals surface area contributed by atoms with Gasteiger partial charge in [-0.25, -0.2) is 0 Å². The first-order valence-electron chi connectivity index (χ1n) is 6.00. The van der Waals surface area contributed by atoms with E-state index in [1.807, 2.05) is 0 Å². The summed E-state index contributed by atoms with van der Waals surface area (Å²) in [6, 6.07) is 0.359. The maximum Gasteiger partial charge on any atom is 0.0597 e. The van der Waals surface area contributed by atoms with E-state index in [1.165, 1.54) is 19.3 Å². The van der Waals surface area contributed by atoms with Gasteiger partial charge in [0.25, 0.3) is 0 Å². The molecule has 2 N–H and O–H groups in total. The third-order valence-corrected chi connectivity index (χ3v) is 4.12. The molecule has 1 aliphatic carbocycles. The first-order valence-corrected chi connectivity index (χ1v) is 6.00. The van der Waals surface area contributed by atoms with Gasteiger partial charge in [-0.1, -0.05) is 19.8 Å². The minimum absolute atomic E-state index is 0.355. The number of ether oxygens (including phenoxy) is 1. The Morgan fingerprint density at radius 1 is 1.21 bits per heavy atom. The molecule has 0 amide bonds. The molecule has 0 spiro atoms. The number of rotatable bonds is 3. The average Bonchev–Trinajstić information content (AvgIpc) is 2.83. The molecule has 0 radical (unpaired) electrons. The van der Waals surface area contributed by atoms with Gasteiger partial charge in [-0.05, 0) is 32.1 Å². The third kappa shape index (κ3) is 1.96. The lowest BCUT2D eigenvalue weighted by Crippen LogP contribution is -2.38. The molecule has 0 aromatic carbocycles. The number of hydrogen-bond acceptors (Lipinski definition) is 2. The molecule has 0 bridgehead atoms. The highest BCUT2D eigenvalue weighted by molar-refractivity contribution is 4.92. The molecule has 2 heteroatoms. The van der Waals surface area contributed by atoms with Crippen LogP contribution in [0.25, 0.3) is 0 Å². The molecule has 2 aliphatic rings. The fourth-order valence-corrected chi connectivity index (χ4v) is 2.93. The highest BCUT2D eigenvalue weighted by Gasteiger charge is 2.41. The third-order valence-electron chi connectivity index (χ3n) is 4.12. The number of nitrogens with two attached hydrogens (primary N) is 1. The molecule has 1 saturated carbocycles. The summed E-state index contributed by atoms with van der Waals surface area (Å²) in [4.78, 5) is 0. The maximum atomic E-state index is 6.28. The summed E-state index contributed by atoms with van der Waals surface area (Å²) in [5.74, 6) is 2.13. The smallest absolute Gasteiger partial charge is 0.0597 e. The van der Waals surface area contributed by atoms with E-state index < -0.39 is 0 Å². The van der Waals surface area contributed by atoms with Crippen LogP contribution in [0.15, 0.2) is 0 Å². The highest BCUT2D eigenvalue weighted by Crippen LogP contribution is 2.40. The van der Waals surface area contributed by atoms with Gasteiger partial charge in [0.05, 0.1) is 12.2 Å². The average molecular weight is 197 g/mol. The van der Waals surface area contributed by atoms with Crippen LogP contribution in [-0.2, 0) is 4.74 Å². The van der Waals surface area contributed by atoms with E-state index in [1.54, 1.807) is 0 Å². The molecular weight excluding hydrogens is 174 g/mol. The molecule has 0 aromatic rings. The van der Waals surface area contributed by atoms with Gasteiger partial charge in [-0.2, -0.15) is 0 Å². The quantitative estimate of drug-likeness (QED) is 0.752. The first-order chi connectivity index (χ1) is 6.59. The van der Waals surface area contributed by atoms with E-state index >= 15 is 0 Å². The predicted molar refractivity (Wildman–Crippen MR) is 58.0 cm³/mol. The summed E-state index contributed by atoms with van der Waals surface area (Å²) in [5, 5.41) is 0. The van der Waals surface area contributed by atoms with E-state index in [0.29, 0.717) is 30.1 Å². The lowest BCUT2D eigenvalue weighted by molar-refractivity contribution is 0.0485. The van der Waals surface area contributed by atoms with Gasteiger partial charge >= 0.3 is 0 Å². The Labute approximate surface area is 87.2 Å². The van der Waals surface area contributed by atoms with Crippen LogP contribution in [0.4, 0.5) is 0 Å². The van der Waals surface area contributed by atoms with Gasteiger partial charge in [0.2, 0.25) is 0 Å². The Kier molecular flexibility index (Phi) is 2.85. The van der Waals surface area contributed by atoms with Crippen LogP contribution >= 0.6 is 0 Å². The van der Waals surface area contributed by atoms with E-state index in [0.717, 1.165) is 5.92 Å². The largest absolute Gasteiger partial charge is 0.375 e. The second-order valence-electron chi connectivity index (χ2n) is 5.33. The molecule has 2 fully saturated rings. The van der Waals surface area contributed by atoms with Crippen molar-refractivity contribution in [1.82, 2.24) is 0 Å². The van der Waals surface area contributed by atoms with Crippen molar-refractivity contribution in [2.45, 2.75) is 58.3 Å². The molecule has 5 unspecified atom stereocenters. The summed E-state index contributed by atoms with van der Waals surface area (Å²) in [5.41, 5.74) is 6.28. The number of hydrogen-bond donors (Lipinski definition) is 1. The van der Waals surface area contributed by atoms with Gasteiger partial charge in [0.15, 0.2) is 0 Å².